The molecule has 0 aliphatic carbocycles. The minimum absolute atomic E-state index is 0.0443. The molecule has 0 N–H and O–H groups in total. The lowest BCUT2D eigenvalue weighted by Gasteiger charge is -2.31. The number of ketones is 1. The Morgan fingerprint density at radius 3 is 2.85 bits per heavy atom. The van der Waals surface area contributed by atoms with Crippen molar-refractivity contribution < 1.29 is 9.53 Å². The van der Waals surface area contributed by atoms with Crippen LogP contribution in [0.3, 0.4) is 0 Å². The first-order valence-electron chi connectivity index (χ1n) is 9.47. The first kappa shape index (κ1) is 18.6. The first-order chi connectivity index (χ1) is 12.5. The maximum Gasteiger partial charge on any atom is 0.167 e. The van der Waals surface area contributed by atoms with Crippen LogP contribution >= 0.6 is 0 Å². The maximum absolute atomic E-state index is 13.0. The molecule has 0 amide bonds. The number of hydrogen-bond acceptors (Lipinski definition) is 4. The highest BCUT2D eigenvalue weighted by Crippen LogP contribution is 2.24. The molecule has 1 saturated heterocycles. The van der Waals surface area contributed by atoms with Crippen LogP contribution in [-0.4, -0.2) is 34.9 Å². The second kappa shape index (κ2) is 8.45. The lowest BCUT2D eigenvalue weighted by Crippen LogP contribution is -2.38. The molecule has 1 atom stereocenters. The van der Waals surface area contributed by atoms with Crippen molar-refractivity contribution in [1.29, 1.82) is 0 Å². The van der Waals surface area contributed by atoms with Crippen molar-refractivity contribution in [3.8, 4) is 5.75 Å². The normalized spacial score (nSPS) is 18.1. The molecular formula is C22H28N2O2. The fourth-order valence-electron chi connectivity index (χ4n) is 3.56. The molecule has 4 heteroatoms. The topological polar surface area (TPSA) is 42.4 Å². The highest BCUT2D eigenvalue weighted by atomic mass is 16.5. The maximum atomic E-state index is 13.0. The minimum Gasteiger partial charge on any atom is -0.491 e. The van der Waals surface area contributed by atoms with Gasteiger partial charge in [0.1, 0.15) is 5.75 Å². The van der Waals surface area contributed by atoms with Crippen LogP contribution in [0.25, 0.3) is 0 Å². The van der Waals surface area contributed by atoms with Crippen molar-refractivity contribution in [2.24, 2.45) is 5.92 Å². The molecule has 0 spiro atoms. The van der Waals surface area contributed by atoms with Gasteiger partial charge in [0.15, 0.2) is 5.78 Å². The predicted molar refractivity (Wildman–Crippen MR) is 104 cm³/mol. The Bertz CT molecular complexity index is 757. The van der Waals surface area contributed by atoms with E-state index in [9.17, 15) is 4.79 Å². The number of pyridine rings is 1. The number of carbonyl (C=O) groups is 1. The summed E-state index contributed by atoms with van der Waals surface area (Å²) in [5.41, 5.74) is 2.86. The summed E-state index contributed by atoms with van der Waals surface area (Å²) in [5.74, 6) is 1.03. The number of benzene rings is 1. The zero-order valence-electron chi connectivity index (χ0n) is 15.9. The number of aryl methyl sites for hydroxylation is 1. The zero-order chi connectivity index (χ0) is 18.5. The number of likely N-dealkylation sites (tertiary alicyclic amines) is 1. The Labute approximate surface area is 156 Å². The molecule has 3 rings (SSSR count). The van der Waals surface area contributed by atoms with Crippen LogP contribution in [0.1, 0.15) is 48.4 Å². The van der Waals surface area contributed by atoms with Gasteiger partial charge in [-0.15, -0.1) is 0 Å². The molecule has 1 unspecified atom stereocenters. The van der Waals surface area contributed by atoms with Gasteiger partial charge in [0.05, 0.1) is 11.8 Å². The van der Waals surface area contributed by atoms with Crippen LogP contribution in [0.5, 0.6) is 5.75 Å². The fourth-order valence-corrected chi connectivity index (χ4v) is 3.56. The zero-order valence-corrected chi connectivity index (χ0v) is 15.9. The average molecular weight is 352 g/mol. The molecule has 1 aromatic heterocycles. The molecule has 0 saturated carbocycles. The Kier molecular flexibility index (Phi) is 6.04. The van der Waals surface area contributed by atoms with Crippen molar-refractivity contribution in [2.45, 2.75) is 46.3 Å². The van der Waals surface area contributed by atoms with E-state index < -0.39 is 0 Å². The van der Waals surface area contributed by atoms with Crippen LogP contribution in [0.2, 0.25) is 0 Å². The molecule has 1 aliphatic rings. The highest BCUT2D eigenvalue weighted by molar-refractivity contribution is 5.98. The van der Waals surface area contributed by atoms with Crippen molar-refractivity contribution in [2.75, 3.05) is 13.1 Å². The Morgan fingerprint density at radius 2 is 2.08 bits per heavy atom. The van der Waals surface area contributed by atoms with Gasteiger partial charge in [0.25, 0.3) is 0 Å². The summed E-state index contributed by atoms with van der Waals surface area (Å²) in [6.45, 7) is 8.62. The summed E-state index contributed by atoms with van der Waals surface area (Å²) in [7, 11) is 0. The van der Waals surface area contributed by atoms with E-state index in [0.717, 1.165) is 55.2 Å². The van der Waals surface area contributed by atoms with Crippen LogP contribution < -0.4 is 4.74 Å². The van der Waals surface area contributed by atoms with E-state index in [1.165, 1.54) is 0 Å². The third-order valence-electron chi connectivity index (χ3n) is 4.70. The van der Waals surface area contributed by atoms with E-state index in [2.05, 4.69) is 16.0 Å². The van der Waals surface area contributed by atoms with Gasteiger partial charge in [0, 0.05) is 30.3 Å². The summed E-state index contributed by atoms with van der Waals surface area (Å²) in [6, 6.07) is 13.7. The Morgan fingerprint density at radius 1 is 1.27 bits per heavy atom. The number of rotatable bonds is 6. The number of piperidine rings is 1. The Hall–Kier alpha value is -2.20. The average Bonchev–Trinajstić information content (AvgIpc) is 2.61. The quantitative estimate of drug-likeness (QED) is 0.728. The van der Waals surface area contributed by atoms with Crippen molar-refractivity contribution >= 4 is 5.78 Å². The third kappa shape index (κ3) is 4.92. The number of nitrogens with zero attached hydrogens (tertiary/aromatic N) is 2. The van der Waals surface area contributed by atoms with Gasteiger partial charge in [-0.25, -0.2) is 0 Å². The number of Topliss-reactive ketones (excluding diaryl/α,β-unsaturated/α-hetero) is 1. The summed E-state index contributed by atoms with van der Waals surface area (Å²) in [5, 5.41) is 0. The van der Waals surface area contributed by atoms with Gasteiger partial charge in [-0.2, -0.15) is 0 Å². The van der Waals surface area contributed by atoms with Gasteiger partial charge in [-0.05, 0) is 64.4 Å². The minimum atomic E-state index is 0.0443. The van der Waals surface area contributed by atoms with Gasteiger partial charge in [-0.1, -0.05) is 18.2 Å². The molecule has 2 aromatic rings. The molecule has 4 nitrogen and oxygen atoms in total. The molecule has 0 bridgehead atoms. The fraction of sp³-hybridized carbons (Fsp3) is 0.455. The highest BCUT2D eigenvalue weighted by Gasteiger charge is 2.27. The van der Waals surface area contributed by atoms with Crippen LogP contribution in [0.4, 0.5) is 0 Å². The first-order valence-corrected chi connectivity index (χ1v) is 9.47. The van der Waals surface area contributed by atoms with Crippen molar-refractivity contribution in [3.63, 3.8) is 0 Å². The van der Waals surface area contributed by atoms with Crippen LogP contribution in [0, 0.1) is 12.8 Å². The van der Waals surface area contributed by atoms with Gasteiger partial charge >= 0.3 is 0 Å². The number of carbonyl (C=O) groups excluding carboxylic acids is 1. The number of hydrogen-bond donors (Lipinski definition) is 0. The smallest absolute Gasteiger partial charge is 0.167 e. The van der Waals surface area contributed by atoms with Crippen LogP contribution in [0.15, 0.2) is 42.5 Å². The lowest BCUT2D eigenvalue weighted by atomic mass is 9.90. The largest absolute Gasteiger partial charge is 0.491 e. The summed E-state index contributed by atoms with van der Waals surface area (Å²) in [4.78, 5) is 19.9. The van der Waals surface area contributed by atoms with E-state index in [1.807, 2.05) is 57.2 Å². The van der Waals surface area contributed by atoms with Gasteiger partial charge in [0.2, 0.25) is 0 Å². The SMILES string of the molecule is Cc1cccc(CN2CCCC(C(=O)c3cccc(OC(C)C)c3)C2)n1. The molecule has 1 aliphatic heterocycles. The monoisotopic (exact) mass is 352 g/mol. The lowest BCUT2D eigenvalue weighted by molar-refractivity contribution is 0.0809. The van der Waals surface area contributed by atoms with E-state index in [4.69, 9.17) is 4.74 Å². The van der Waals surface area contributed by atoms with E-state index >= 15 is 0 Å². The molecule has 1 fully saturated rings. The molecular weight excluding hydrogens is 324 g/mol. The number of ether oxygens (including phenoxy) is 1. The summed E-state index contributed by atoms with van der Waals surface area (Å²) < 4.78 is 5.73. The second-order valence-electron chi connectivity index (χ2n) is 7.40. The molecule has 138 valence electrons. The summed E-state index contributed by atoms with van der Waals surface area (Å²) in [6.07, 6.45) is 2.10. The van der Waals surface area contributed by atoms with Crippen molar-refractivity contribution in [3.05, 3.63) is 59.4 Å². The molecule has 26 heavy (non-hydrogen) atoms. The Balaban J connectivity index is 1.66. The predicted octanol–water partition coefficient (Wildman–Crippen LogP) is 4.27. The van der Waals surface area contributed by atoms with E-state index in [-0.39, 0.29) is 17.8 Å². The molecule has 0 radical (unpaired) electrons. The molecule has 2 heterocycles. The summed E-state index contributed by atoms with van der Waals surface area (Å²) >= 11 is 0. The van der Waals surface area contributed by atoms with Gasteiger partial charge in [-0.3, -0.25) is 14.7 Å². The van der Waals surface area contributed by atoms with Crippen LogP contribution in [-0.2, 0) is 6.54 Å². The van der Waals surface area contributed by atoms with E-state index in [0.29, 0.717) is 0 Å². The number of aromatic nitrogens is 1. The third-order valence-corrected chi connectivity index (χ3v) is 4.70. The molecule has 1 aromatic carbocycles. The standard InChI is InChI=1S/C22H28N2O2/c1-16(2)26-21-11-5-8-18(13-21)22(25)19-9-6-12-24(14-19)15-20-10-4-7-17(3)23-20/h4-5,7-8,10-11,13,16,19H,6,9,12,14-15H2,1-3H3. The van der Waals surface area contributed by atoms with Crippen molar-refractivity contribution in [1.82, 2.24) is 9.88 Å². The van der Waals surface area contributed by atoms with E-state index in [1.54, 1.807) is 0 Å². The van der Waals surface area contributed by atoms with Gasteiger partial charge < -0.3 is 4.74 Å². The second-order valence-corrected chi connectivity index (χ2v) is 7.40.